The van der Waals surface area contributed by atoms with Gasteiger partial charge in [0, 0.05) is 21.3 Å². The number of thioether (sulfide) groups is 1. The zero-order valence-electron chi connectivity index (χ0n) is 17.0. The van der Waals surface area contributed by atoms with Crippen molar-refractivity contribution in [2.24, 2.45) is 0 Å². The van der Waals surface area contributed by atoms with E-state index in [1.807, 2.05) is 71.6 Å². The van der Waals surface area contributed by atoms with E-state index >= 15 is 0 Å². The van der Waals surface area contributed by atoms with Gasteiger partial charge in [0.1, 0.15) is 17.7 Å². The number of carbonyl (C=O) groups excluding carboxylic acids is 1. The number of carbonyl (C=O) groups is 1. The number of amides is 1. The fourth-order valence-electron chi connectivity index (χ4n) is 3.92. The van der Waals surface area contributed by atoms with E-state index in [1.54, 1.807) is 11.8 Å². The molecule has 0 radical (unpaired) electrons. The molecule has 0 unspecified atom stereocenters. The smallest absolute Gasteiger partial charge is 0.238 e. The first-order valence-electron chi connectivity index (χ1n) is 10.2. The summed E-state index contributed by atoms with van der Waals surface area (Å²) in [6, 6.07) is 27.3. The van der Waals surface area contributed by atoms with Crippen LogP contribution >= 0.6 is 35.0 Å². The molecule has 0 bridgehead atoms. The Bertz CT molecular complexity index is 1280. The Balaban J connectivity index is 1.57. The molecule has 0 aromatic heterocycles. The summed E-state index contributed by atoms with van der Waals surface area (Å²) in [7, 11) is 0. The van der Waals surface area contributed by atoms with Gasteiger partial charge in [-0.1, -0.05) is 65.7 Å². The summed E-state index contributed by atoms with van der Waals surface area (Å²) < 4.78 is 6.31. The average Bonchev–Trinajstić information content (AvgIpc) is 3.19. The molecular formula is C26H19Cl2NO2S. The van der Waals surface area contributed by atoms with E-state index in [-0.39, 0.29) is 11.3 Å². The fourth-order valence-corrected chi connectivity index (χ4v) is 5.41. The summed E-state index contributed by atoms with van der Waals surface area (Å²) in [5.74, 6) is 1.25. The van der Waals surface area contributed by atoms with Crippen LogP contribution in [0.3, 0.4) is 0 Å². The second kappa shape index (κ2) is 9.07. The van der Waals surface area contributed by atoms with Gasteiger partial charge in [-0.2, -0.15) is 0 Å². The lowest BCUT2D eigenvalue weighted by atomic mass is 10.0. The van der Waals surface area contributed by atoms with Crippen LogP contribution in [0, 0.1) is 0 Å². The molecule has 6 heteroatoms. The molecule has 3 nitrogen and oxygen atoms in total. The average molecular weight is 480 g/mol. The first kappa shape index (κ1) is 21.2. The predicted molar refractivity (Wildman–Crippen MR) is 134 cm³/mol. The Kier molecular flexibility index (Phi) is 6.01. The molecular weight excluding hydrogens is 461 g/mol. The van der Waals surface area contributed by atoms with Crippen LogP contribution in [0.4, 0.5) is 5.69 Å². The first-order chi connectivity index (χ1) is 15.6. The molecule has 1 atom stereocenters. The third-order valence-corrected chi connectivity index (χ3v) is 7.14. The van der Waals surface area contributed by atoms with Crippen molar-refractivity contribution in [3.05, 3.63) is 106 Å². The summed E-state index contributed by atoms with van der Waals surface area (Å²) in [5.41, 5.74) is 2.85. The summed E-state index contributed by atoms with van der Waals surface area (Å²) in [5, 5.41) is 3.32. The number of benzene rings is 4. The molecule has 1 heterocycles. The molecule has 0 N–H and O–H groups in total. The third-order valence-electron chi connectivity index (χ3n) is 5.46. The number of fused-ring (bicyclic) bond motifs is 1. The zero-order valence-corrected chi connectivity index (χ0v) is 19.3. The van der Waals surface area contributed by atoms with E-state index in [0.29, 0.717) is 22.4 Å². The number of nitrogens with zero attached hydrogens (tertiary/aromatic N) is 1. The van der Waals surface area contributed by atoms with Gasteiger partial charge >= 0.3 is 0 Å². The third kappa shape index (κ3) is 4.18. The van der Waals surface area contributed by atoms with Gasteiger partial charge in [0.2, 0.25) is 5.91 Å². The molecule has 1 aliphatic heterocycles. The number of hydrogen-bond donors (Lipinski definition) is 0. The second-order valence-corrected chi connectivity index (χ2v) is 9.46. The largest absolute Gasteiger partial charge is 0.488 e. The maximum Gasteiger partial charge on any atom is 0.238 e. The van der Waals surface area contributed by atoms with E-state index in [0.717, 1.165) is 33.3 Å². The molecule has 32 heavy (non-hydrogen) atoms. The van der Waals surface area contributed by atoms with Crippen LogP contribution < -0.4 is 9.64 Å². The standard InChI is InChI=1S/C26H19Cl2NO2S/c27-19-8-5-17(6-9-19)15-31-23-14-7-18-3-1-2-4-22(18)25(23)26-29(24(30)16-32-26)21-12-10-20(28)11-13-21/h1-14,26H,15-16H2/t26-/m0/s1. The highest BCUT2D eigenvalue weighted by Crippen LogP contribution is 2.47. The van der Waals surface area contributed by atoms with E-state index < -0.39 is 0 Å². The highest BCUT2D eigenvalue weighted by atomic mass is 35.5. The molecule has 0 aliphatic carbocycles. The maximum atomic E-state index is 12.9. The van der Waals surface area contributed by atoms with E-state index in [1.165, 1.54) is 0 Å². The Labute approximate surface area is 200 Å². The lowest BCUT2D eigenvalue weighted by molar-refractivity contribution is -0.115. The van der Waals surface area contributed by atoms with Crippen molar-refractivity contribution < 1.29 is 9.53 Å². The number of ether oxygens (including phenoxy) is 1. The van der Waals surface area contributed by atoms with Gasteiger partial charge in [-0.3, -0.25) is 9.69 Å². The minimum Gasteiger partial charge on any atom is -0.488 e. The SMILES string of the molecule is O=C1CS[C@@H](c2c(OCc3ccc(Cl)cc3)ccc3ccccc23)N1c1ccc(Cl)cc1. The molecule has 1 amide bonds. The molecule has 0 saturated carbocycles. The molecule has 4 aromatic rings. The van der Waals surface area contributed by atoms with Crippen molar-refractivity contribution in [1.82, 2.24) is 0 Å². The van der Waals surface area contributed by atoms with Gasteiger partial charge in [-0.15, -0.1) is 11.8 Å². The van der Waals surface area contributed by atoms with Gasteiger partial charge in [0.05, 0.1) is 5.75 Å². The zero-order chi connectivity index (χ0) is 22.1. The second-order valence-electron chi connectivity index (χ2n) is 7.52. The number of rotatable bonds is 5. The maximum absolute atomic E-state index is 12.9. The molecule has 4 aromatic carbocycles. The van der Waals surface area contributed by atoms with E-state index in [2.05, 4.69) is 18.2 Å². The Morgan fingerprint density at radius 3 is 2.31 bits per heavy atom. The molecule has 1 saturated heterocycles. The van der Waals surface area contributed by atoms with Crippen LogP contribution in [0.1, 0.15) is 16.5 Å². The summed E-state index contributed by atoms with van der Waals surface area (Å²) >= 11 is 13.7. The number of anilines is 1. The van der Waals surface area contributed by atoms with E-state index in [4.69, 9.17) is 27.9 Å². The van der Waals surface area contributed by atoms with Gasteiger partial charge < -0.3 is 4.74 Å². The fraction of sp³-hybridized carbons (Fsp3) is 0.115. The van der Waals surface area contributed by atoms with Gasteiger partial charge in [0.25, 0.3) is 0 Å². The van der Waals surface area contributed by atoms with Crippen molar-refractivity contribution in [2.75, 3.05) is 10.7 Å². The Morgan fingerprint density at radius 1 is 0.875 bits per heavy atom. The van der Waals surface area contributed by atoms with Crippen molar-refractivity contribution in [3.8, 4) is 5.75 Å². The quantitative estimate of drug-likeness (QED) is 0.296. The van der Waals surface area contributed by atoms with Crippen LogP contribution in [0.5, 0.6) is 5.75 Å². The van der Waals surface area contributed by atoms with Crippen LogP contribution in [0.15, 0.2) is 84.9 Å². The monoisotopic (exact) mass is 479 g/mol. The lowest BCUT2D eigenvalue weighted by Gasteiger charge is -2.27. The first-order valence-corrected chi connectivity index (χ1v) is 12.0. The lowest BCUT2D eigenvalue weighted by Crippen LogP contribution is -2.28. The topological polar surface area (TPSA) is 29.5 Å². The molecule has 160 valence electrons. The Morgan fingerprint density at radius 2 is 1.56 bits per heavy atom. The van der Waals surface area contributed by atoms with Crippen molar-refractivity contribution in [3.63, 3.8) is 0 Å². The van der Waals surface area contributed by atoms with Crippen LogP contribution in [-0.2, 0) is 11.4 Å². The van der Waals surface area contributed by atoms with Gasteiger partial charge in [-0.25, -0.2) is 0 Å². The van der Waals surface area contributed by atoms with Crippen molar-refractivity contribution in [2.45, 2.75) is 12.0 Å². The van der Waals surface area contributed by atoms with Crippen molar-refractivity contribution >= 4 is 57.3 Å². The summed E-state index contributed by atoms with van der Waals surface area (Å²) in [4.78, 5) is 14.8. The van der Waals surface area contributed by atoms with Gasteiger partial charge in [-0.05, 0) is 58.8 Å². The highest BCUT2D eigenvalue weighted by Gasteiger charge is 2.36. The Hall–Kier alpha value is -2.66. The summed E-state index contributed by atoms with van der Waals surface area (Å²) in [6.07, 6.45) is 0. The predicted octanol–water partition coefficient (Wildman–Crippen LogP) is 7.50. The minimum atomic E-state index is -0.199. The highest BCUT2D eigenvalue weighted by molar-refractivity contribution is 8.00. The van der Waals surface area contributed by atoms with E-state index in [9.17, 15) is 4.79 Å². The van der Waals surface area contributed by atoms with Crippen LogP contribution in [0.25, 0.3) is 10.8 Å². The van der Waals surface area contributed by atoms with Crippen LogP contribution in [-0.4, -0.2) is 11.7 Å². The van der Waals surface area contributed by atoms with Crippen LogP contribution in [0.2, 0.25) is 10.0 Å². The normalized spacial score (nSPS) is 16.0. The molecule has 0 spiro atoms. The summed E-state index contributed by atoms with van der Waals surface area (Å²) in [6.45, 7) is 0.411. The molecule has 5 rings (SSSR count). The number of halogens is 2. The van der Waals surface area contributed by atoms with Crippen molar-refractivity contribution in [1.29, 1.82) is 0 Å². The number of hydrogen-bond acceptors (Lipinski definition) is 3. The minimum absolute atomic E-state index is 0.0684. The van der Waals surface area contributed by atoms with Gasteiger partial charge in [0.15, 0.2) is 0 Å². The molecule has 1 aliphatic rings. The molecule has 1 fully saturated rings.